The Morgan fingerprint density at radius 2 is 1.68 bits per heavy atom. The summed E-state index contributed by atoms with van der Waals surface area (Å²) >= 11 is 12.6. The first-order valence-electron chi connectivity index (χ1n) is 5.92. The van der Waals surface area contributed by atoms with Crippen LogP contribution in [0.1, 0.15) is 17.2 Å². The Morgan fingerprint density at radius 3 is 2.26 bits per heavy atom. The highest BCUT2D eigenvalue weighted by atomic mass is 35.5. The van der Waals surface area contributed by atoms with Crippen molar-refractivity contribution in [3.05, 3.63) is 63.6 Å². The molecule has 1 atom stereocenters. The summed E-state index contributed by atoms with van der Waals surface area (Å²) in [5.41, 5.74) is 1.97. The van der Waals surface area contributed by atoms with E-state index in [1.54, 1.807) is 13.2 Å². The first-order valence-corrected chi connectivity index (χ1v) is 6.68. The molecular formula is C15H15Cl2NO. The van der Waals surface area contributed by atoms with Crippen LogP contribution in [0.15, 0.2) is 42.5 Å². The Bertz CT molecular complexity index is 572. The van der Waals surface area contributed by atoms with E-state index in [9.17, 15) is 0 Å². The van der Waals surface area contributed by atoms with E-state index in [0.29, 0.717) is 10.0 Å². The summed E-state index contributed by atoms with van der Waals surface area (Å²) < 4.78 is 5.16. The SMILES string of the molecule is CNC(c1ccccc1Cl)c1ccc(OC)cc1Cl. The van der Waals surface area contributed by atoms with E-state index < -0.39 is 0 Å². The lowest BCUT2D eigenvalue weighted by molar-refractivity contribution is 0.414. The molecule has 4 heteroatoms. The summed E-state index contributed by atoms with van der Waals surface area (Å²) in [6.07, 6.45) is 0. The Hall–Kier alpha value is -1.22. The first kappa shape index (κ1) is 14.2. The molecule has 0 aromatic heterocycles. The number of methoxy groups -OCH3 is 1. The van der Waals surface area contributed by atoms with Crippen molar-refractivity contribution < 1.29 is 4.74 Å². The lowest BCUT2D eigenvalue weighted by Gasteiger charge is -2.20. The molecule has 0 aliphatic rings. The molecule has 2 aromatic carbocycles. The maximum atomic E-state index is 6.32. The van der Waals surface area contributed by atoms with Gasteiger partial charge < -0.3 is 10.1 Å². The Morgan fingerprint density at radius 1 is 1.00 bits per heavy atom. The van der Waals surface area contributed by atoms with E-state index in [2.05, 4.69) is 5.32 Å². The first-order chi connectivity index (χ1) is 9.17. The third kappa shape index (κ3) is 3.03. The fraction of sp³-hybridized carbons (Fsp3) is 0.200. The van der Waals surface area contributed by atoms with E-state index in [1.165, 1.54) is 0 Å². The predicted molar refractivity (Wildman–Crippen MR) is 80.4 cm³/mol. The van der Waals surface area contributed by atoms with Crippen LogP contribution in [0.25, 0.3) is 0 Å². The van der Waals surface area contributed by atoms with Gasteiger partial charge in [-0.15, -0.1) is 0 Å². The molecule has 19 heavy (non-hydrogen) atoms. The standard InChI is InChI=1S/C15H15Cl2NO/c1-18-15(11-5-3-4-6-13(11)16)12-8-7-10(19-2)9-14(12)17/h3-9,15,18H,1-2H3. The number of rotatable bonds is 4. The van der Waals surface area contributed by atoms with Crippen LogP contribution in [0.5, 0.6) is 5.75 Å². The quantitative estimate of drug-likeness (QED) is 0.907. The summed E-state index contributed by atoms with van der Waals surface area (Å²) in [7, 11) is 3.50. The molecular weight excluding hydrogens is 281 g/mol. The van der Waals surface area contributed by atoms with Crippen molar-refractivity contribution in [2.24, 2.45) is 0 Å². The molecule has 0 fully saturated rings. The molecule has 2 rings (SSSR count). The van der Waals surface area contributed by atoms with Crippen molar-refractivity contribution in [1.82, 2.24) is 5.32 Å². The maximum Gasteiger partial charge on any atom is 0.120 e. The van der Waals surface area contributed by atoms with Crippen LogP contribution in [0.2, 0.25) is 10.0 Å². The predicted octanol–water partition coefficient (Wildman–Crippen LogP) is 4.31. The highest BCUT2D eigenvalue weighted by molar-refractivity contribution is 6.32. The minimum atomic E-state index is -0.0490. The van der Waals surface area contributed by atoms with Gasteiger partial charge in [-0.05, 0) is 36.4 Å². The molecule has 0 aliphatic carbocycles. The van der Waals surface area contributed by atoms with Gasteiger partial charge in [0.25, 0.3) is 0 Å². The second-order valence-corrected chi connectivity index (χ2v) is 4.95. The molecule has 0 spiro atoms. The number of ether oxygens (including phenoxy) is 1. The van der Waals surface area contributed by atoms with E-state index in [4.69, 9.17) is 27.9 Å². The van der Waals surface area contributed by atoms with Crippen LogP contribution < -0.4 is 10.1 Å². The van der Waals surface area contributed by atoms with E-state index in [1.807, 2.05) is 43.4 Å². The second kappa shape index (κ2) is 6.29. The number of benzene rings is 2. The average molecular weight is 296 g/mol. The van der Waals surface area contributed by atoms with Crippen molar-refractivity contribution >= 4 is 23.2 Å². The zero-order valence-corrected chi connectivity index (χ0v) is 12.3. The van der Waals surface area contributed by atoms with Gasteiger partial charge in [0.2, 0.25) is 0 Å². The average Bonchev–Trinajstić information content (AvgIpc) is 2.43. The van der Waals surface area contributed by atoms with Gasteiger partial charge in [-0.3, -0.25) is 0 Å². The summed E-state index contributed by atoms with van der Waals surface area (Å²) in [5.74, 6) is 0.739. The topological polar surface area (TPSA) is 21.3 Å². The molecule has 1 N–H and O–H groups in total. The van der Waals surface area contributed by atoms with Crippen LogP contribution in [-0.4, -0.2) is 14.2 Å². The summed E-state index contributed by atoms with van der Waals surface area (Å²) in [6, 6.07) is 13.3. The largest absolute Gasteiger partial charge is 0.497 e. The zero-order chi connectivity index (χ0) is 13.8. The fourth-order valence-corrected chi connectivity index (χ4v) is 2.58. The van der Waals surface area contributed by atoms with Crippen molar-refractivity contribution in [3.63, 3.8) is 0 Å². The number of hydrogen-bond donors (Lipinski definition) is 1. The van der Waals surface area contributed by atoms with Crippen molar-refractivity contribution in [3.8, 4) is 5.75 Å². The molecule has 2 aromatic rings. The lowest BCUT2D eigenvalue weighted by atomic mass is 9.98. The van der Waals surface area contributed by atoms with Gasteiger partial charge in [0, 0.05) is 10.0 Å². The van der Waals surface area contributed by atoms with Crippen LogP contribution in [0, 0.1) is 0 Å². The zero-order valence-electron chi connectivity index (χ0n) is 10.8. The van der Waals surface area contributed by atoms with Crippen LogP contribution in [-0.2, 0) is 0 Å². The third-order valence-corrected chi connectivity index (χ3v) is 3.70. The Labute approximate surface area is 123 Å². The van der Waals surface area contributed by atoms with Crippen molar-refractivity contribution in [2.75, 3.05) is 14.2 Å². The van der Waals surface area contributed by atoms with E-state index >= 15 is 0 Å². The van der Waals surface area contributed by atoms with Gasteiger partial charge in [0.1, 0.15) is 5.75 Å². The minimum absolute atomic E-state index is 0.0490. The molecule has 100 valence electrons. The fourth-order valence-electron chi connectivity index (χ4n) is 2.06. The molecule has 0 radical (unpaired) electrons. The van der Waals surface area contributed by atoms with E-state index in [0.717, 1.165) is 16.9 Å². The number of halogens is 2. The van der Waals surface area contributed by atoms with Crippen LogP contribution >= 0.6 is 23.2 Å². The highest BCUT2D eigenvalue weighted by Gasteiger charge is 2.17. The summed E-state index contributed by atoms with van der Waals surface area (Å²) in [4.78, 5) is 0. The second-order valence-electron chi connectivity index (χ2n) is 4.13. The summed E-state index contributed by atoms with van der Waals surface area (Å²) in [5, 5.41) is 4.61. The Kier molecular flexibility index (Phi) is 4.70. The Balaban J connectivity index is 2.46. The summed E-state index contributed by atoms with van der Waals surface area (Å²) in [6.45, 7) is 0. The van der Waals surface area contributed by atoms with Gasteiger partial charge in [0.15, 0.2) is 0 Å². The van der Waals surface area contributed by atoms with Crippen LogP contribution in [0.3, 0.4) is 0 Å². The molecule has 0 saturated heterocycles. The van der Waals surface area contributed by atoms with Crippen molar-refractivity contribution in [2.45, 2.75) is 6.04 Å². The van der Waals surface area contributed by atoms with Gasteiger partial charge >= 0.3 is 0 Å². The monoisotopic (exact) mass is 295 g/mol. The van der Waals surface area contributed by atoms with E-state index in [-0.39, 0.29) is 6.04 Å². The third-order valence-electron chi connectivity index (χ3n) is 3.02. The maximum absolute atomic E-state index is 6.32. The van der Waals surface area contributed by atoms with Crippen molar-refractivity contribution in [1.29, 1.82) is 0 Å². The lowest BCUT2D eigenvalue weighted by Crippen LogP contribution is -2.18. The van der Waals surface area contributed by atoms with Crippen LogP contribution in [0.4, 0.5) is 0 Å². The highest BCUT2D eigenvalue weighted by Crippen LogP contribution is 2.33. The molecule has 0 saturated carbocycles. The number of hydrogen-bond acceptors (Lipinski definition) is 2. The van der Waals surface area contributed by atoms with Gasteiger partial charge in [0.05, 0.1) is 13.2 Å². The number of nitrogens with one attached hydrogen (secondary N) is 1. The van der Waals surface area contributed by atoms with Gasteiger partial charge in [-0.1, -0.05) is 47.5 Å². The molecule has 0 amide bonds. The smallest absolute Gasteiger partial charge is 0.120 e. The normalized spacial score (nSPS) is 12.2. The molecule has 1 unspecified atom stereocenters. The minimum Gasteiger partial charge on any atom is -0.497 e. The molecule has 2 nitrogen and oxygen atoms in total. The molecule has 0 heterocycles. The molecule has 0 bridgehead atoms. The van der Waals surface area contributed by atoms with Gasteiger partial charge in [-0.25, -0.2) is 0 Å². The van der Waals surface area contributed by atoms with Gasteiger partial charge in [-0.2, -0.15) is 0 Å². The molecule has 0 aliphatic heterocycles.